The summed E-state index contributed by atoms with van der Waals surface area (Å²) in [4.78, 5) is 2.50. The van der Waals surface area contributed by atoms with Gasteiger partial charge in [0.15, 0.2) is 0 Å². The third-order valence-electron chi connectivity index (χ3n) is 3.85. The number of nitrogens with zero attached hydrogens (tertiary/aromatic N) is 1. The minimum atomic E-state index is 0.378. The highest BCUT2D eigenvalue weighted by Gasteiger charge is 2.24. The van der Waals surface area contributed by atoms with Gasteiger partial charge in [0.05, 0.1) is 13.2 Å². The second-order valence-corrected chi connectivity index (χ2v) is 5.07. The number of hydrogen-bond acceptors (Lipinski definition) is 3. The fourth-order valence-electron chi connectivity index (χ4n) is 2.66. The minimum absolute atomic E-state index is 0.378. The Kier molecular flexibility index (Phi) is 4.75. The molecule has 1 aliphatic rings. The first kappa shape index (κ1) is 13.5. The van der Waals surface area contributed by atoms with Crippen LogP contribution in [0.1, 0.15) is 24.1 Å². The average molecular weight is 248 g/mol. The van der Waals surface area contributed by atoms with Crippen LogP contribution in [0.3, 0.4) is 0 Å². The summed E-state index contributed by atoms with van der Waals surface area (Å²) in [6, 6.07) is 9.70. The van der Waals surface area contributed by atoms with Crippen molar-refractivity contribution in [2.75, 3.05) is 33.4 Å². The van der Waals surface area contributed by atoms with Crippen molar-refractivity contribution in [2.24, 2.45) is 0 Å². The molecule has 3 heteroatoms. The fourth-order valence-corrected chi connectivity index (χ4v) is 2.66. The van der Waals surface area contributed by atoms with Gasteiger partial charge in [-0.3, -0.25) is 4.90 Å². The van der Waals surface area contributed by atoms with Gasteiger partial charge in [-0.2, -0.15) is 0 Å². The van der Waals surface area contributed by atoms with Gasteiger partial charge in [-0.25, -0.2) is 0 Å². The van der Waals surface area contributed by atoms with Crippen LogP contribution < -0.4 is 5.32 Å². The normalized spacial score (nSPS) is 20.6. The molecule has 18 heavy (non-hydrogen) atoms. The van der Waals surface area contributed by atoms with Gasteiger partial charge < -0.3 is 10.1 Å². The van der Waals surface area contributed by atoms with Crippen molar-refractivity contribution in [2.45, 2.75) is 25.9 Å². The van der Waals surface area contributed by atoms with Crippen LogP contribution in [0.5, 0.6) is 0 Å². The molecule has 1 heterocycles. The van der Waals surface area contributed by atoms with Crippen molar-refractivity contribution in [3.05, 3.63) is 35.4 Å². The van der Waals surface area contributed by atoms with E-state index in [-0.39, 0.29) is 0 Å². The van der Waals surface area contributed by atoms with Gasteiger partial charge in [0, 0.05) is 25.2 Å². The maximum Gasteiger partial charge on any atom is 0.0594 e. The number of aryl methyl sites for hydroxylation is 1. The van der Waals surface area contributed by atoms with Crippen molar-refractivity contribution in [1.82, 2.24) is 10.2 Å². The Hall–Kier alpha value is -0.900. The van der Waals surface area contributed by atoms with Gasteiger partial charge in [0.1, 0.15) is 0 Å². The van der Waals surface area contributed by atoms with E-state index in [9.17, 15) is 0 Å². The van der Waals surface area contributed by atoms with Crippen molar-refractivity contribution in [3.63, 3.8) is 0 Å². The first-order valence-electron chi connectivity index (χ1n) is 6.78. The highest BCUT2D eigenvalue weighted by molar-refractivity contribution is 5.25. The molecule has 0 aromatic heterocycles. The zero-order valence-electron chi connectivity index (χ0n) is 11.6. The Morgan fingerprint density at radius 3 is 2.33 bits per heavy atom. The molecule has 2 atom stereocenters. The van der Waals surface area contributed by atoms with E-state index < -0.39 is 0 Å². The summed E-state index contributed by atoms with van der Waals surface area (Å²) in [5, 5.41) is 3.45. The Balaban J connectivity index is 2.09. The van der Waals surface area contributed by atoms with Gasteiger partial charge in [-0.1, -0.05) is 29.8 Å². The van der Waals surface area contributed by atoms with E-state index in [2.05, 4.69) is 48.3 Å². The number of ether oxygens (including phenoxy) is 1. The fraction of sp³-hybridized carbons (Fsp3) is 0.600. The lowest BCUT2D eigenvalue weighted by atomic mass is 9.98. The summed E-state index contributed by atoms with van der Waals surface area (Å²) in [5.74, 6) is 0. The molecule has 1 aromatic carbocycles. The third kappa shape index (κ3) is 3.10. The summed E-state index contributed by atoms with van der Waals surface area (Å²) < 4.78 is 5.42. The zero-order chi connectivity index (χ0) is 13.0. The van der Waals surface area contributed by atoms with Crippen LogP contribution >= 0.6 is 0 Å². The molecule has 0 bridgehead atoms. The zero-order valence-corrected chi connectivity index (χ0v) is 11.6. The van der Waals surface area contributed by atoms with Gasteiger partial charge in [0.2, 0.25) is 0 Å². The van der Waals surface area contributed by atoms with Crippen molar-refractivity contribution in [3.8, 4) is 0 Å². The molecule has 1 aromatic rings. The molecule has 1 saturated heterocycles. The third-order valence-corrected chi connectivity index (χ3v) is 3.85. The molecule has 0 aliphatic carbocycles. The molecule has 1 N–H and O–H groups in total. The maximum absolute atomic E-state index is 5.42. The number of rotatable bonds is 4. The monoisotopic (exact) mass is 248 g/mol. The maximum atomic E-state index is 5.42. The van der Waals surface area contributed by atoms with Crippen LogP contribution in [-0.4, -0.2) is 44.3 Å². The lowest BCUT2D eigenvalue weighted by Gasteiger charge is -2.37. The lowest BCUT2D eigenvalue weighted by Crippen LogP contribution is -2.47. The summed E-state index contributed by atoms with van der Waals surface area (Å²) >= 11 is 0. The van der Waals surface area contributed by atoms with E-state index in [1.54, 1.807) is 0 Å². The Morgan fingerprint density at radius 1 is 1.17 bits per heavy atom. The van der Waals surface area contributed by atoms with E-state index in [4.69, 9.17) is 4.74 Å². The molecule has 0 radical (unpaired) electrons. The molecule has 0 saturated carbocycles. The molecule has 0 amide bonds. The van der Waals surface area contributed by atoms with Crippen LogP contribution in [0, 0.1) is 6.92 Å². The Labute approximate surface area is 110 Å². The first-order chi connectivity index (χ1) is 8.72. The lowest BCUT2D eigenvalue weighted by molar-refractivity contribution is 0.0126. The molecular weight excluding hydrogens is 224 g/mol. The van der Waals surface area contributed by atoms with Crippen molar-refractivity contribution < 1.29 is 4.74 Å². The molecule has 2 unspecified atom stereocenters. The summed E-state index contributed by atoms with van der Waals surface area (Å²) in [7, 11) is 2.04. The van der Waals surface area contributed by atoms with Crippen LogP contribution in [0.25, 0.3) is 0 Å². The Bertz CT molecular complexity index is 357. The smallest absolute Gasteiger partial charge is 0.0594 e. The number of likely N-dealkylation sites (N-methyl/N-ethyl adjacent to an activating group) is 1. The Morgan fingerprint density at radius 2 is 1.78 bits per heavy atom. The number of nitrogens with one attached hydrogen (secondary N) is 1. The average Bonchev–Trinajstić information content (AvgIpc) is 2.42. The predicted octanol–water partition coefficient (Wildman–Crippen LogP) is 1.98. The summed E-state index contributed by atoms with van der Waals surface area (Å²) in [6.07, 6.45) is 0. The summed E-state index contributed by atoms with van der Waals surface area (Å²) in [6.45, 7) is 8.20. The van der Waals surface area contributed by atoms with Crippen LogP contribution in [0.4, 0.5) is 0 Å². The highest BCUT2D eigenvalue weighted by Crippen LogP contribution is 2.21. The highest BCUT2D eigenvalue weighted by atomic mass is 16.5. The molecular formula is C15H24N2O. The molecule has 3 nitrogen and oxygen atoms in total. The van der Waals surface area contributed by atoms with Gasteiger partial charge >= 0.3 is 0 Å². The predicted molar refractivity (Wildman–Crippen MR) is 74.8 cm³/mol. The minimum Gasteiger partial charge on any atom is -0.379 e. The van der Waals surface area contributed by atoms with Crippen LogP contribution in [0.2, 0.25) is 0 Å². The summed E-state index contributed by atoms with van der Waals surface area (Å²) in [5.41, 5.74) is 2.68. The molecule has 2 rings (SSSR count). The second kappa shape index (κ2) is 6.32. The topological polar surface area (TPSA) is 24.5 Å². The quantitative estimate of drug-likeness (QED) is 0.882. The van der Waals surface area contributed by atoms with Gasteiger partial charge in [-0.15, -0.1) is 0 Å². The van der Waals surface area contributed by atoms with Gasteiger partial charge in [-0.05, 0) is 26.5 Å². The molecule has 1 aliphatic heterocycles. The standard InChI is InChI=1S/C15H24N2O/c1-12-4-6-14(7-5-12)15(16-3)13(2)17-8-10-18-11-9-17/h4-7,13,15-16H,8-11H2,1-3H3. The van der Waals surface area contributed by atoms with E-state index in [1.807, 2.05) is 7.05 Å². The molecule has 1 fully saturated rings. The SMILES string of the molecule is CNC(c1ccc(C)cc1)C(C)N1CCOCC1. The van der Waals surface area contributed by atoms with Crippen LogP contribution in [0.15, 0.2) is 24.3 Å². The first-order valence-corrected chi connectivity index (χ1v) is 6.78. The molecule has 100 valence electrons. The number of benzene rings is 1. The van der Waals surface area contributed by atoms with E-state index in [1.165, 1.54) is 11.1 Å². The van der Waals surface area contributed by atoms with Crippen molar-refractivity contribution >= 4 is 0 Å². The number of hydrogen-bond donors (Lipinski definition) is 1. The van der Waals surface area contributed by atoms with E-state index in [0.29, 0.717) is 12.1 Å². The van der Waals surface area contributed by atoms with Crippen molar-refractivity contribution in [1.29, 1.82) is 0 Å². The van der Waals surface area contributed by atoms with E-state index in [0.717, 1.165) is 26.3 Å². The van der Waals surface area contributed by atoms with E-state index >= 15 is 0 Å². The molecule has 0 spiro atoms. The number of morpholine rings is 1. The second-order valence-electron chi connectivity index (χ2n) is 5.07. The van der Waals surface area contributed by atoms with Crippen LogP contribution in [-0.2, 0) is 4.74 Å². The largest absolute Gasteiger partial charge is 0.379 e. The van der Waals surface area contributed by atoms with Gasteiger partial charge in [0.25, 0.3) is 0 Å².